The molecule has 0 spiro atoms. The van der Waals surface area contributed by atoms with Crippen molar-refractivity contribution in [3.05, 3.63) is 60.3 Å². The summed E-state index contributed by atoms with van der Waals surface area (Å²) in [6.45, 7) is 13.6. The molecule has 0 aliphatic carbocycles. The Morgan fingerprint density at radius 1 is 0.889 bits per heavy atom. The highest BCUT2D eigenvalue weighted by Gasteiger charge is 2.19. The molecule has 1 heterocycles. The molecule has 142 valence electrons. The fourth-order valence-electron chi connectivity index (χ4n) is 3.88. The number of nitrogens with zero attached hydrogens (tertiary/aromatic N) is 2. The lowest BCUT2D eigenvalue weighted by atomic mass is 9.98. The molecule has 0 saturated carbocycles. The molecule has 0 saturated heterocycles. The zero-order valence-corrected chi connectivity index (χ0v) is 17.7. The largest absolute Gasteiger partial charge is 0.371 e. The number of pyridine rings is 1. The average Bonchev–Trinajstić information content (AvgIpc) is 2.61. The van der Waals surface area contributed by atoms with E-state index in [-0.39, 0.29) is 0 Å². The molecule has 0 N–H and O–H groups in total. The lowest BCUT2D eigenvalue weighted by Crippen LogP contribution is -2.32. The summed E-state index contributed by atoms with van der Waals surface area (Å²) >= 11 is 0. The maximum absolute atomic E-state index is 2.55. The average molecular weight is 362 g/mol. The summed E-state index contributed by atoms with van der Waals surface area (Å²) in [4.78, 5) is 2.55. The van der Waals surface area contributed by atoms with Gasteiger partial charge in [0.2, 0.25) is 5.69 Å². The van der Waals surface area contributed by atoms with Gasteiger partial charge in [-0.2, -0.15) is 0 Å². The van der Waals surface area contributed by atoms with E-state index in [4.69, 9.17) is 0 Å². The predicted molar refractivity (Wildman–Crippen MR) is 117 cm³/mol. The zero-order valence-electron chi connectivity index (χ0n) is 17.7. The number of anilines is 1. The van der Waals surface area contributed by atoms with E-state index < -0.39 is 0 Å². The first-order chi connectivity index (χ1) is 12.9. The molecule has 3 aromatic rings. The lowest BCUT2D eigenvalue weighted by molar-refractivity contribution is -0.659. The molecule has 0 bridgehead atoms. The summed E-state index contributed by atoms with van der Waals surface area (Å²) < 4.78 is 2.25. The first-order valence-electron chi connectivity index (χ1n) is 10.1. The van der Waals surface area contributed by atoms with Crippen molar-refractivity contribution in [2.75, 3.05) is 18.0 Å². The van der Waals surface area contributed by atoms with Crippen LogP contribution in [0.1, 0.15) is 33.3 Å². The molecule has 0 amide bonds. The second-order valence-electron chi connectivity index (χ2n) is 8.55. The van der Waals surface area contributed by atoms with E-state index >= 15 is 0 Å². The van der Waals surface area contributed by atoms with Crippen LogP contribution < -0.4 is 9.47 Å². The Bertz CT molecular complexity index is 915. The third kappa shape index (κ3) is 4.32. The van der Waals surface area contributed by atoms with Crippen molar-refractivity contribution in [3.8, 4) is 11.3 Å². The molecule has 2 heteroatoms. The molecule has 0 unspecified atom stereocenters. The molecule has 27 heavy (non-hydrogen) atoms. The standard InChI is InChI=1S/C25H33N2/c1-18(2)16-27(17-19(3)4)22-12-11-20(5)24(15-22)25-23-10-8-7-9-21(23)13-14-26(25)6/h7-15,18-19H,16-17H2,1-6H3/q+1. The van der Waals surface area contributed by atoms with Gasteiger partial charge in [-0.05, 0) is 47.9 Å². The van der Waals surface area contributed by atoms with Crippen molar-refractivity contribution in [2.45, 2.75) is 34.6 Å². The number of hydrogen-bond acceptors (Lipinski definition) is 1. The minimum atomic E-state index is 0.641. The number of rotatable bonds is 6. The van der Waals surface area contributed by atoms with Crippen molar-refractivity contribution >= 4 is 16.5 Å². The van der Waals surface area contributed by atoms with Crippen molar-refractivity contribution < 1.29 is 4.57 Å². The molecular weight excluding hydrogens is 328 g/mol. The number of aryl methyl sites for hydroxylation is 2. The fraction of sp³-hybridized carbons (Fsp3) is 0.400. The summed E-state index contributed by atoms with van der Waals surface area (Å²) in [6, 6.07) is 17.8. The summed E-state index contributed by atoms with van der Waals surface area (Å²) in [5.41, 5.74) is 5.26. The molecule has 0 radical (unpaired) electrons. The van der Waals surface area contributed by atoms with Crippen LogP contribution in [-0.2, 0) is 7.05 Å². The quantitative estimate of drug-likeness (QED) is 0.506. The van der Waals surface area contributed by atoms with Gasteiger partial charge in [0, 0.05) is 24.8 Å². The van der Waals surface area contributed by atoms with E-state index in [9.17, 15) is 0 Å². The fourth-order valence-corrected chi connectivity index (χ4v) is 3.88. The van der Waals surface area contributed by atoms with Gasteiger partial charge in [0.05, 0.1) is 10.9 Å². The van der Waals surface area contributed by atoms with Crippen LogP contribution in [0.25, 0.3) is 22.0 Å². The van der Waals surface area contributed by atoms with Crippen LogP contribution in [0.5, 0.6) is 0 Å². The first-order valence-corrected chi connectivity index (χ1v) is 10.1. The third-order valence-electron chi connectivity index (χ3n) is 5.06. The molecule has 0 aliphatic heterocycles. The Morgan fingerprint density at radius 3 is 2.22 bits per heavy atom. The molecule has 1 aromatic heterocycles. The second kappa shape index (κ2) is 8.12. The molecule has 2 aromatic carbocycles. The second-order valence-corrected chi connectivity index (χ2v) is 8.55. The predicted octanol–water partition coefficient (Wildman–Crippen LogP) is 5.76. The summed E-state index contributed by atoms with van der Waals surface area (Å²) in [5, 5.41) is 2.60. The molecule has 0 aliphatic rings. The molecule has 0 atom stereocenters. The van der Waals surface area contributed by atoms with E-state index in [1.807, 2.05) is 0 Å². The van der Waals surface area contributed by atoms with Crippen molar-refractivity contribution in [1.29, 1.82) is 0 Å². The van der Waals surface area contributed by atoms with Gasteiger partial charge in [-0.15, -0.1) is 0 Å². The van der Waals surface area contributed by atoms with Gasteiger partial charge in [0.25, 0.3) is 0 Å². The SMILES string of the molecule is Cc1ccc(N(CC(C)C)CC(C)C)cc1-c1c2ccccc2cc[n+]1C. The Kier molecular flexibility index (Phi) is 5.84. The van der Waals surface area contributed by atoms with Gasteiger partial charge in [0.15, 0.2) is 6.20 Å². The van der Waals surface area contributed by atoms with Gasteiger partial charge in [-0.25, -0.2) is 4.57 Å². The normalized spacial score (nSPS) is 11.6. The van der Waals surface area contributed by atoms with Crippen LogP contribution in [-0.4, -0.2) is 13.1 Å². The topological polar surface area (TPSA) is 7.12 Å². The van der Waals surface area contributed by atoms with Gasteiger partial charge < -0.3 is 4.90 Å². The highest BCUT2D eigenvalue weighted by Crippen LogP contribution is 2.31. The number of hydrogen-bond donors (Lipinski definition) is 0. The number of aromatic nitrogens is 1. The monoisotopic (exact) mass is 361 g/mol. The van der Waals surface area contributed by atoms with E-state index in [1.165, 1.54) is 33.3 Å². The van der Waals surface area contributed by atoms with Crippen LogP contribution in [0.3, 0.4) is 0 Å². The first kappa shape index (κ1) is 19.4. The van der Waals surface area contributed by atoms with Crippen molar-refractivity contribution in [1.82, 2.24) is 0 Å². The van der Waals surface area contributed by atoms with Crippen molar-refractivity contribution in [3.63, 3.8) is 0 Å². The van der Waals surface area contributed by atoms with Crippen LogP contribution >= 0.6 is 0 Å². The molecule has 2 nitrogen and oxygen atoms in total. The van der Waals surface area contributed by atoms with Crippen LogP contribution in [0.15, 0.2) is 54.7 Å². The highest BCUT2D eigenvalue weighted by atomic mass is 15.1. The Morgan fingerprint density at radius 2 is 1.56 bits per heavy atom. The molecule has 0 fully saturated rings. The van der Waals surface area contributed by atoms with Gasteiger partial charge in [-0.1, -0.05) is 52.0 Å². The van der Waals surface area contributed by atoms with E-state index in [0.29, 0.717) is 11.8 Å². The van der Waals surface area contributed by atoms with E-state index in [2.05, 4.69) is 106 Å². The van der Waals surface area contributed by atoms with Crippen molar-refractivity contribution in [2.24, 2.45) is 18.9 Å². The Balaban J connectivity index is 2.15. The van der Waals surface area contributed by atoms with Gasteiger partial charge in [0.1, 0.15) is 7.05 Å². The summed E-state index contributed by atoms with van der Waals surface area (Å²) in [6.07, 6.45) is 2.17. The molecular formula is C25H33N2+. The zero-order chi connectivity index (χ0) is 19.6. The maximum Gasteiger partial charge on any atom is 0.220 e. The smallest absolute Gasteiger partial charge is 0.220 e. The summed E-state index contributed by atoms with van der Waals surface area (Å²) in [7, 11) is 2.15. The van der Waals surface area contributed by atoms with Crippen LogP contribution in [0.2, 0.25) is 0 Å². The van der Waals surface area contributed by atoms with Gasteiger partial charge >= 0.3 is 0 Å². The van der Waals surface area contributed by atoms with Crippen LogP contribution in [0, 0.1) is 18.8 Å². The van der Waals surface area contributed by atoms with E-state index in [0.717, 1.165) is 13.1 Å². The number of benzene rings is 2. The lowest BCUT2D eigenvalue weighted by Gasteiger charge is -2.29. The summed E-state index contributed by atoms with van der Waals surface area (Å²) in [5.74, 6) is 1.28. The minimum absolute atomic E-state index is 0.641. The highest BCUT2D eigenvalue weighted by molar-refractivity contribution is 5.94. The third-order valence-corrected chi connectivity index (χ3v) is 5.06. The number of fused-ring (bicyclic) bond motifs is 1. The Labute approximate surface area is 164 Å². The Hall–Kier alpha value is -2.35. The molecule has 3 rings (SSSR count). The maximum atomic E-state index is 2.55. The van der Waals surface area contributed by atoms with E-state index in [1.54, 1.807) is 0 Å². The minimum Gasteiger partial charge on any atom is -0.371 e. The van der Waals surface area contributed by atoms with Gasteiger partial charge in [-0.3, -0.25) is 0 Å². The van der Waals surface area contributed by atoms with Crippen LogP contribution in [0.4, 0.5) is 5.69 Å².